The molecule has 0 spiro atoms. The van der Waals surface area contributed by atoms with Crippen molar-refractivity contribution < 1.29 is 19.1 Å². The molecule has 0 saturated carbocycles. The summed E-state index contributed by atoms with van der Waals surface area (Å²) in [5, 5.41) is 4.98. The highest BCUT2D eigenvalue weighted by molar-refractivity contribution is 7.09. The highest BCUT2D eigenvalue weighted by Gasteiger charge is 2.32. The number of thiophene rings is 1. The second kappa shape index (κ2) is 10.2. The number of aryl methyl sites for hydroxylation is 1. The van der Waals surface area contributed by atoms with E-state index in [1.165, 1.54) is 4.88 Å². The van der Waals surface area contributed by atoms with Gasteiger partial charge in [-0.2, -0.15) is 0 Å². The van der Waals surface area contributed by atoms with E-state index in [0.29, 0.717) is 49.9 Å². The molecule has 0 bridgehead atoms. The molecular weight excluding hydrogens is 400 g/mol. The molecule has 7 heteroatoms. The first-order valence-electron chi connectivity index (χ1n) is 10.6. The van der Waals surface area contributed by atoms with Crippen molar-refractivity contribution in [2.75, 3.05) is 31.6 Å². The highest BCUT2D eigenvalue weighted by atomic mass is 32.1. The average molecular weight is 429 g/mol. The zero-order valence-corrected chi connectivity index (χ0v) is 17.9. The number of ether oxygens (including phenoxy) is 2. The molecule has 6 nitrogen and oxygen atoms in total. The Balaban J connectivity index is 1.26. The van der Waals surface area contributed by atoms with Gasteiger partial charge in [0.25, 0.3) is 5.91 Å². The maximum atomic E-state index is 12.9. The van der Waals surface area contributed by atoms with Crippen LogP contribution in [0.5, 0.6) is 0 Å². The van der Waals surface area contributed by atoms with Gasteiger partial charge < -0.3 is 19.7 Å². The van der Waals surface area contributed by atoms with Crippen LogP contribution in [0.1, 0.15) is 40.9 Å². The van der Waals surface area contributed by atoms with Gasteiger partial charge in [-0.25, -0.2) is 0 Å². The number of hydrogen-bond donors (Lipinski definition) is 1. The molecule has 4 rings (SSSR count). The van der Waals surface area contributed by atoms with Crippen LogP contribution in [0, 0.1) is 5.92 Å². The molecule has 2 aliphatic rings. The first-order valence-corrected chi connectivity index (χ1v) is 11.5. The van der Waals surface area contributed by atoms with Crippen LogP contribution in [0.15, 0.2) is 41.8 Å². The largest absolute Gasteiger partial charge is 0.350 e. The molecule has 30 heavy (non-hydrogen) atoms. The van der Waals surface area contributed by atoms with Gasteiger partial charge in [-0.05, 0) is 55.3 Å². The Bertz CT molecular complexity index is 841. The van der Waals surface area contributed by atoms with E-state index < -0.39 is 0 Å². The predicted octanol–water partition coefficient (Wildman–Crippen LogP) is 3.93. The zero-order chi connectivity index (χ0) is 20.8. The third-order valence-electron chi connectivity index (χ3n) is 5.66. The standard InChI is InChI=1S/C23H28N2O4S/c26-21(8-2-6-20-7-3-15-30-20)24-19-5-1-4-18(16-19)22(27)25-11-9-17(10-12-25)23-28-13-14-29-23/h1,3-5,7,15-17,23H,2,6,8-14H2,(H,24,26). The van der Waals surface area contributed by atoms with E-state index in [1.54, 1.807) is 17.4 Å². The fourth-order valence-corrected chi connectivity index (χ4v) is 4.79. The van der Waals surface area contributed by atoms with Crippen molar-refractivity contribution in [1.82, 2.24) is 4.90 Å². The summed E-state index contributed by atoms with van der Waals surface area (Å²) < 4.78 is 11.2. The summed E-state index contributed by atoms with van der Waals surface area (Å²) in [6.45, 7) is 2.73. The van der Waals surface area contributed by atoms with E-state index in [4.69, 9.17) is 9.47 Å². The molecule has 1 N–H and O–H groups in total. The van der Waals surface area contributed by atoms with Gasteiger partial charge in [-0.1, -0.05) is 12.1 Å². The number of anilines is 1. The molecule has 3 heterocycles. The number of likely N-dealkylation sites (tertiary alicyclic amines) is 1. The fourth-order valence-electron chi connectivity index (χ4n) is 4.04. The lowest BCUT2D eigenvalue weighted by atomic mass is 9.95. The summed E-state index contributed by atoms with van der Waals surface area (Å²) in [5.74, 6) is 0.348. The quantitative estimate of drug-likeness (QED) is 0.726. The van der Waals surface area contributed by atoms with Crippen molar-refractivity contribution >= 4 is 28.8 Å². The minimum absolute atomic E-state index is 0.00973. The SMILES string of the molecule is O=C(CCCc1cccs1)Nc1cccc(C(=O)N2CCC(C3OCCO3)CC2)c1. The molecule has 2 fully saturated rings. The summed E-state index contributed by atoms with van der Waals surface area (Å²) in [4.78, 5) is 28.4. The third kappa shape index (κ3) is 5.47. The first-order chi connectivity index (χ1) is 14.7. The predicted molar refractivity (Wildman–Crippen MR) is 117 cm³/mol. The molecule has 0 unspecified atom stereocenters. The molecule has 0 radical (unpaired) electrons. The van der Waals surface area contributed by atoms with E-state index in [-0.39, 0.29) is 18.1 Å². The van der Waals surface area contributed by atoms with Gasteiger partial charge in [-0.15, -0.1) is 11.3 Å². The number of benzene rings is 1. The summed E-state index contributed by atoms with van der Waals surface area (Å²) in [6, 6.07) is 11.4. The van der Waals surface area contributed by atoms with Gasteiger partial charge in [-0.3, -0.25) is 9.59 Å². The number of carbonyl (C=O) groups excluding carboxylic acids is 2. The van der Waals surface area contributed by atoms with Crippen molar-refractivity contribution in [2.45, 2.75) is 38.4 Å². The number of nitrogens with one attached hydrogen (secondary N) is 1. The number of rotatable bonds is 7. The van der Waals surface area contributed by atoms with Crippen molar-refractivity contribution in [3.8, 4) is 0 Å². The Hall–Kier alpha value is -2.22. The molecular formula is C23H28N2O4S. The molecule has 2 saturated heterocycles. The van der Waals surface area contributed by atoms with E-state index >= 15 is 0 Å². The monoisotopic (exact) mass is 428 g/mol. The molecule has 0 aliphatic carbocycles. The molecule has 2 aliphatic heterocycles. The molecule has 0 atom stereocenters. The summed E-state index contributed by atoms with van der Waals surface area (Å²) in [7, 11) is 0. The van der Waals surface area contributed by atoms with Gasteiger partial charge in [0.05, 0.1) is 13.2 Å². The summed E-state index contributed by atoms with van der Waals surface area (Å²) in [6.07, 6.45) is 3.86. The molecule has 1 aromatic carbocycles. The minimum atomic E-state index is -0.111. The number of carbonyl (C=O) groups is 2. The average Bonchev–Trinajstić information content (AvgIpc) is 3.48. The third-order valence-corrected chi connectivity index (χ3v) is 6.60. The van der Waals surface area contributed by atoms with E-state index in [2.05, 4.69) is 16.8 Å². The van der Waals surface area contributed by atoms with Crippen LogP contribution in [0.25, 0.3) is 0 Å². The Morgan fingerprint density at radius 2 is 1.90 bits per heavy atom. The Kier molecular flexibility index (Phi) is 7.15. The maximum Gasteiger partial charge on any atom is 0.253 e. The Morgan fingerprint density at radius 3 is 2.63 bits per heavy atom. The van der Waals surface area contributed by atoms with Gasteiger partial charge >= 0.3 is 0 Å². The van der Waals surface area contributed by atoms with Crippen LogP contribution in [0.4, 0.5) is 5.69 Å². The second-order valence-electron chi connectivity index (χ2n) is 7.80. The normalized spacial score (nSPS) is 17.9. The van der Waals surface area contributed by atoms with Crippen LogP contribution in [-0.2, 0) is 20.7 Å². The van der Waals surface area contributed by atoms with Crippen LogP contribution in [-0.4, -0.2) is 49.3 Å². The minimum Gasteiger partial charge on any atom is -0.350 e. The van der Waals surface area contributed by atoms with Gasteiger partial charge in [0.15, 0.2) is 6.29 Å². The van der Waals surface area contributed by atoms with Gasteiger partial charge in [0.2, 0.25) is 5.91 Å². The lowest BCUT2D eigenvalue weighted by molar-refractivity contribution is -0.116. The van der Waals surface area contributed by atoms with Crippen molar-refractivity contribution in [1.29, 1.82) is 0 Å². The smallest absolute Gasteiger partial charge is 0.253 e. The first kappa shape index (κ1) is 21.0. The molecule has 2 amide bonds. The Morgan fingerprint density at radius 1 is 1.10 bits per heavy atom. The van der Waals surface area contributed by atoms with Gasteiger partial charge in [0.1, 0.15) is 0 Å². The maximum absolute atomic E-state index is 12.9. The molecule has 2 aromatic rings. The second-order valence-corrected chi connectivity index (χ2v) is 8.83. The van der Waals surface area contributed by atoms with Crippen LogP contribution < -0.4 is 5.32 Å². The van der Waals surface area contributed by atoms with E-state index in [0.717, 1.165) is 25.7 Å². The number of hydrogen-bond acceptors (Lipinski definition) is 5. The van der Waals surface area contributed by atoms with Crippen LogP contribution >= 0.6 is 11.3 Å². The molecule has 1 aromatic heterocycles. The lowest BCUT2D eigenvalue weighted by Crippen LogP contribution is -2.41. The summed E-state index contributed by atoms with van der Waals surface area (Å²) in [5.41, 5.74) is 1.28. The van der Waals surface area contributed by atoms with Gasteiger partial charge in [0, 0.05) is 41.6 Å². The van der Waals surface area contributed by atoms with Crippen molar-refractivity contribution in [3.63, 3.8) is 0 Å². The number of amides is 2. The molecule has 160 valence electrons. The zero-order valence-electron chi connectivity index (χ0n) is 17.0. The van der Waals surface area contributed by atoms with Crippen molar-refractivity contribution in [3.05, 3.63) is 52.2 Å². The lowest BCUT2D eigenvalue weighted by Gasteiger charge is -2.34. The number of piperidine rings is 1. The van der Waals surface area contributed by atoms with Crippen LogP contribution in [0.3, 0.4) is 0 Å². The fraction of sp³-hybridized carbons (Fsp3) is 0.478. The van der Waals surface area contributed by atoms with Crippen molar-refractivity contribution in [2.24, 2.45) is 5.92 Å². The summed E-state index contributed by atoms with van der Waals surface area (Å²) >= 11 is 1.72. The van der Waals surface area contributed by atoms with Crippen LogP contribution in [0.2, 0.25) is 0 Å². The highest BCUT2D eigenvalue weighted by Crippen LogP contribution is 2.27. The Labute approximate surface area is 181 Å². The number of nitrogens with zero attached hydrogens (tertiary/aromatic N) is 1. The van der Waals surface area contributed by atoms with E-state index in [1.807, 2.05) is 29.2 Å². The van der Waals surface area contributed by atoms with E-state index in [9.17, 15) is 9.59 Å². The topological polar surface area (TPSA) is 67.9 Å².